The number of carbonyl (C=O) groups excluding carboxylic acids is 2. The van der Waals surface area contributed by atoms with Crippen molar-refractivity contribution in [3.8, 4) is 17.2 Å². The van der Waals surface area contributed by atoms with E-state index in [0.29, 0.717) is 28.0 Å². The number of thioether (sulfide) groups is 1. The fourth-order valence-electron chi connectivity index (χ4n) is 2.51. The zero-order valence-corrected chi connectivity index (χ0v) is 18.3. The van der Waals surface area contributed by atoms with Crippen molar-refractivity contribution in [3.63, 3.8) is 0 Å². The highest BCUT2D eigenvalue weighted by Crippen LogP contribution is 2.32. The topological polar surface area (TPSA) is 103 Å². The van der Waals surface area contributed by atoms with Gasteiger partial charge < -0.3 is 19.0 Å². The lowest BCUT2D eigenvalue weighted by Crippen LogP contribution is -2.09. The van der Waals surface area contributed by atoms with Gasteiger partial charge in [0.2, 0.25) is 0 Å². The van der Waals surface area contributed by atoms with Gasteiger partial charge >= 0.3 is 17.6 Å². The summed E-state index contributed by atoms with van der Waals surface area (Å²) in [5.41, 5.74) is 0.505. The van der Waals surface area contributed by atoms with Crippen molar-refractivity contribution in [1.82, 2.24) is 0 Å². The summed E-state index contributed by atoms with van der Waals surface area (Å²) in [6.07, 6.45) is 0. The molecule has 7 nitrogen and oxygen atoms in total. The first kappa shape index (κ1) is 22.9. The highest BCUT2D eigenvalue weighted by atomic mass is 32.2. The van der Waals surface area contributed by atoms with Crippen LogP contribution in [0.1, 0.15) is 19.4 Å². The molecular weight excluding hydrogens is 432 g/mol. The van der Waals surface area contributed by atoms with Crippen LogP contribution in [0.4, 0.5) is 0 Å². The highest BCUT2D eigenvalue weighted by molar-refractivity contribution is 7.98. The summed E-state index contributed by atoms with van der Waals surface area (Å²) in [7, 11) is 0. The van der Waals surface area contributed by atoms with E-state index in [1.807, 2.05) is 0 Å². The molecule has 0 atom stereocenters. The summed E-state index contributed by atoms with van der Waals surface area (Å²) >= 11 is 1.39. The number of aromatic hydroxyl groups is 1. The van der Waals surface area contributed by atoms with E-state index in [4.69, 9.17) is 13.9 Å². The number of phenolic OH excluding ortho intramolecular Hbond substituents is 1. The molecule has 0 unspecified atom stereocenters. The maximum absolute atomic E-state index is 12.3. The Labute approximate surface area is 188 Å². The Kier molecular flexibility index (Phi) is 6.85. The van der Waals surface area contributed by atoms with Gasteiger partial charge in [-0.05, 0) is 50.2 Å². The van der Waals surface area contributed by atoms with E-state index >= 15 is 0 Å². The lowest BCUT2D eigenvalue weighted by atomic mass is 10.2. The van der Waals surface area contributed by atoms with Gasteiger partial charge in [0, 0.05) is 38.8 Å². The molecule has 0 saturated carbocycles. The van der Waals surface area contributed by atoms with Crippen LogP contribution in [0.3, 0.4) is 0 Å². The van der Waals surface area contributed by atoms with Crippen molar-refractivity contribution in [2.75, 3.05) is 0 Å². The van der Waals surface area contributed by atoms with Gasteiger partial charge in [0.1, 0.15) is 11.3 Å². The third kappa shape index (κ3) is 5.47. The first-order chi connectivity index (χ1) is 15.1. The molecule has 2 aromatic carbocycles. The first-order valence-electron chi connectivity index (χ1n) is 9.42. The van der Waals surface area contributed by atoms with E-state index in [1.165, 1.54) is 30.8 Å². The lowest BCUT2D eigenvalue weighted by molar-refractivity contribution is -0.131. The molecule has 32 heavy (non-hydrogen) atoms. The minimum Gasteiger partial charge on any atom is -0.504 e. The summed E-state index contributed by atoms with van der Waals surface area (Å²) in [5.74, 6) is -0.860. The van der Waals surface area contributed by atoms with E-state index in [2.05, 4.69) is 13.2 Å². The average molecular weight is 452 g/mol. The molecule has 1 aromatic heterocycles. The van der Waals surface area contributed by atoms with Crippen molar-refractivity contribution in [2.45, 2.75) is 24.5 Å². The predicted octanol–water partition coefficient (Wildman–Crippen LogP) is 4.75. The molecule has 0 bridgehead atoms. The molecule has 8 heteroatoms. The van der Waals surface area contributed by atoms with Crippen LogP contribution in [0.5, 0.6) is 17.2 Å². The zero-order valence-electron chi connectivity index (χ0n) is 17.5. The van der Waals surface area contributed by atoms with Gasteiger partial charge in [-0.25, -0.2) is 14.4 Å². The molecule has 0 aliphatic heterocycles. The van der Waals surface area contributed by atoms with Gasteiger partial charge in [-0.2, -0.15) is 0 Å². The summed E-state index contributed by atoms with van der Waals surface area (Å²) in [6, 6.07) is 11.1. The molecule has 3 aromatic rings. The van der Waals surface area contributed by atoms with Crippen LogP contribution in [0, 0.1) is 0 Å². The maximum Gasteiger partial charge on any atom is 0.340 e. The highest BCUT2D eigenvalue weighted by Gasteiger charge is 2.14. The van der Waals surface area contributed by atoms with E-state index in [0.717, 1.165) is 4.90 Å². The lowest BCUT2D eigenvalue weighted by Gasteiger charge is -2.08. The van der Waals surface area contributed by atoms with Gasteiger partial charge in [0.05, 0.1) is 0 Å². The molecule has 0 radical (unpaired) electrons. The Morgan fingerprint density at radius 1 is 1.00 bits per heavy atom. The van der Waals surface area contributed by atoms with Gasteiger partial charge in [-0.1, -0.05) is 13.2 Å². The monoisotopic (exact) mass is 452 g/mol. The number of ether oxygens (including phenoxy) is 2. The average Bonchev–Trinajstić information content (AvgIpc) is 2.74. The third-order valence-corrected chi connectivity index (χ3v) is 5.27. The fourth-order valence-corrected chi connectivity index (χ4v) is 3.36. The van der Waals surface area contributed by atoms with Crippen LogP contribution >= 0.6 is 11.8 Å². The minimum atomic E-state index is -0.676. The van der Waals surface area contributed by atoms with Crippen molar-refractivity contribution in [2.24, 2.45) is 0 Å². The number of rotatable bonds is 7. The van der Waals surface area contributed by atoms with Crippen molar-refractivity contribution in [3.05, 3.63) is 82.8 Å². The number of carbonyl (C=O) groups is 2. The van der Waals surface area contributed by atoms with Gasteiger partial charge in [0.15, 0.2) is 11.5 Å². The normalized spacial score (nSPS) is 10.6. The largest absolute Gasteiger partial charge is 0.504 e. The molecular formula is C24H20O7S. The second kappa shape index (κ2) is 9.57. The molecule has 0 aliphatic rings. The number of hydrogen-bond donors (Lipinski definition) is 1. The van der Waals surface area contributed by atoms with E-state index in [-0.39, 0.29) is 22.7 Å². The molecule has 0 fully saturated rings. The first-order valence-corrected chi connectivity index (χ1v) is 10.4. The molecule has 0 amide bonds. The van der Waals surface area contributed by atoms with Crippen molar-refractivity contribution in [1.29, 1.82) is 0 Å². The Morgan fingerprint density at radius 3 is 2.25 bits per heavy atom. The standard InChI is InChI=1S/C24H20O7S/c1-13(2)22(26)29-17-5-7-18(8-6-17)32-12-16-9-15-10-21(31-23(27)14(3)4)19(25)11-20(15)30-24(16)28/h5-11,25H,1,3,12H2,2,4H3. The van der Waals surface area contributed by atoms with Gasteiger partial charge in [0.25, 0.3) is 0 Å². The number of hydrogen-bond acceptors (Lipinski definition) is 8. The van der Waals surface area contributed by atoms with Gasteiger partial charge in [-0.15, -0.1) is 11.8 Å². The molecule has 1 heterocycles. The van der Waals surface area contributed by atoms with E-state index in [9.17, 15) is 19.5 Å². The minimum absolute atomic E-state index is 0.0575. The van der Waals surface area contributed by atoms with Crippen LogP contribution in [-0.4, -0.2) is 17.0 Å². The Bertz CT molecular complexity index is 1290. The van der Waals surface area contributed by atoms with Crippen LogP contribution in [0.15, 0.2) is 80.9 Å². The summed E-state index contributed by atoms with van der Waals surface area (Å²) in [4.78, 5) is 36.5. The SMILES string of the molecule is C=C(C)C(=O)Oc1ccc(SCc2cc3cc(OC(=O)C(=C)C)c(O)cc3oc2=O)cc1. The van der Waals surface area contributed by atoms with Crippen molar-refractivity contribution >= 4 is 34.7 Å². The fraction of sp³-hybridized carbons (Fsp3) is 0.125. The van der Waals surface area contributed by atoms with E-state index in [1.54, 1.807) is 37.3 Å². The molecule has 3 rings (SSSR count). The van der Waals surface area contributed by atoms with E-state index < -0.39 is 17.6 Å². The van der Waals surface area contributed by atoms with Crippen LogP contribution in [-0.2, 0) is 15.3 Å². The molecule has 0 saturated heterocycles. The van der Waals surface area contributed by atoms with Crippen LogP contribution in [0.2, 0.25) is 0 Å². The van der Waals surface area contributed by atoms with Crippen LogP contribution < -0.4 is 15.1 Å². The predicted molar refractivity (Wildman–Crippen MR) is 121 cm³/mol. The zero-order chi connectivity index (χ0) is 23.4. The third-order valence-electron chi connectivity index (χ3n) is 4.21. The molecule has 1 N–H and O–H groups in total. The van der Waals surface area contributed by atoms with Crippen molar-refractivity contribution < 1.29 is 28.6 Å². The summed E-state index contributed by atoms with van der Waals surface area (Å²) in [6.45, 7) is 10.1. The molecule has 0 spiro atoms. The summed E-state index contributed by atoms with van der Waals surface area (Å²) < 4.78 is 15.6. The molecule has 0 aliphatic carbocycles. The van der Waals surface area contributed by atoms with Crippen LogP contribution in [0.25, 0.3) is 11.0 Å². The Hall–Kier alpha value is -3.78. The number of esters is 2. The summed E-state index contributed by atoms with van der Waals surface area (Å²) in [5, 5.41) is 10.5. The number of fused-ring (bicyclic) bond motifs is 1. The molecule has 164 valence electrons. The van der Waals surface area contributed by atoms with Gasteiger partial charge in [-0.3, -0.25) is 0 Å². The second-order valence-corrected chi connectivity index (χ2v) is 8.07. The second-order valence-electron chi connectivity index (χ2n) is 7.02. The smallest absolute Gasteiger partial charge is 0.340 e. The number of benzene rings is 2. The quantitative estimate of drug-likeness (QED) is 0.180. The Balaban J connectivity index is 1.77. The number of phenols is 1. The maximum atomic E-state index is 12.3. The Morgan fingerprint density at radius 2 is 1.62 bits per heavy atom.